The third-order valence-electron chi connectivity index (χ3n) is 2.67. The van der Waals surface area contributed by atoms with Gasteiger partial charge in [-0.05, 0) is 30.4 Å². The number of rotatable bonds is 0. The van der Waals surface area contributed by atoms with E-state index in [1.807, 2.05) is 0 Å². The van der Waals surface area contributed by atoms with Gasteiger partial charge in [0.1, 0.15) is 0 Å². The lowest BCUT2D eigenvalue weighted by molar-refractivity contribution is 0.615. The highest BCUT2D eigenvalue weighted by atomic mass is 35.5. The highest BCUT2D eigenvalue weighted by Gasteiger charge is 2.13. The van der Waals surface area contributed by atoms with E-state index in [2.05, 4.69) is 24.3 Å². The lowest BCUT2D eigenvalue weighted by atomic mass is 10.0. The maximum Gasteiger partial charge on any atom is 0.0297 e. The predicted octanol–water partition coefficient (Wildman–Crippen LogP) is 2.83. The number of nitrogens with two attached hydrogens (primary N) is 1. The molecule has 0 fully saturated rings. The monoisotopic (exact) mass is 197 g/mol. The van der Waals surface area contributed by atoms with Gasteiger partial charge in [0.05, 0.1) is 0 Å². The Balaban J connectivity index is 0.000000845. The van der Waals surface area contributed by atoms with Gasteiger partial charge in [0.15, 0.2) is 0 Å². The number of benzene rings is 1. The first kappa shape index (κ1) is 10.6. The Bertz CT molecular complexity index is 273. The molecule has 1 nitrogen and oxygen atoms in total. The van der Waals surface area contributed by atoms with E-state index in [4.69, 9.17) is 5.73 Å². The van der Waals surface area contributed by atoms with Crippen LogP contribution in [0.5, 0.6) is 0 Å². The Morgan fingerprint density at radius 3 is 2.77 bits per heavy atom. The van der Waals surface area contributed by atoms with Crippen LogP contribution in [0.4, 0.5) is 0 Å². The standard InChI is InChI=1S/C11H15N.ClH/c12-11-8-4-2-6-9-5-1-3-7-10(9)11;/h1,3,5,7,11H,2,4,6,8,12H2;1H. The Hall–Kier alpha value is -0.530. The molecule has 2 N–H and O–H groups in total. The molecular formula is C11H16ClN. The topological polar surface area (TPSA) is 26.0 Å². The highest BCUT2D eigenvalue weighted by Crippen LogP contribution is 2.26. The zero-order valence-electron chi connectivity index (χ0n) is 7.70. The van der Waals surface area contributed by atoms with Crippen LogP contribution in [0.25, 0.3) is 0 Å². The highest BCUT2D eigenvalue weighted by molar-refractivity contribution is 5.85. The fourth-order valence-electron chi connectivity index (χ4n) is 1.96. The van der Waals surface area contributed by atoms with Crippen molar-refractivity contribution in [2.45, 2.75) is 31.7 Å². The number of hydrogen-bond donors (Lipinski definition) is 1. The van der Waals surface area contributed by atoms with Gasteiger partial charge in [-0.15, -0.1) is 12.4 Å². The molecule has 1 atom stereocenters. The van der Waals surface area contributed by atoms with Gasteiger partial charge in [-0.1, -0.05) is 30.7 Å². The molecule has 0 bridgehead atoms. The molecule has 0 saturated carbocycles. The van der Waals surface area contributed by atoms with E-state index in [1.165, 1.54) is 30.4 Å². The molecule has 1 aliphatic rings. The van der Waals surface area contributed by atoms with Crippen LogP contribution in [0.1, 0.15) is 36.4 Å². The van der Waals surface area contributed by atoms with E-state index in [1.54, 1.807) is 0 Å². The van der Waals surface area contributed by atoms with Crippen molar-refractivity contribution in [2.75, 3.05) is 0 Å². The van der Waals surface area contributed by atoms with Crippen LogP contribution >= 0.6 is 12.4 Å². The Kier molecular flexibility index (Phi) is 3.76. The molecule has 1 aliphatic carbocycles. The molecule has 1 aromatic carbocycles. The van der Waals surface area contributed by atoms with Crippen molar-refractivity contribution in [1.82, 2.24) is 0 Å². The number of fused-ring (bicyclic) bond motifs is 1. The van der Waals surface area contributed by atoms with E-state index in [0.717, 1.165) is 6.42 Å². The summed E-state index contributed by atoms with van der Waals surface area (Å²) in [6, 6.07) is 8.86. The van der Waals surface area contributed by atoms with Crippen LogP contribution in [-0.4, -0.2) is 0 Å². The molecule has 0 radical (unpaired) electrons. The first-order valence-corrected chi connectivity index (χ1v) is 4.71. The summed E-state index contributed by atoms with van der Waals surface area (Å²) in [6.07, 6.45) is 4.93. The van der Waals surface area contributed by atoms with Crippen LogP contribution in [0.3, 0.4) is 0 Å². The third kappa shape index (κ3) is 2.23. The molecule has 72 valence electrons. The van der Waals surface area contributed by atoms with E-state index in [9.17, 15) is 0 Å². The van der Waals surface area contributed by atoms with Gasteiger partial charge in [0.2, 0.25) is 0 Å². The molecule has 2 rings (SSSR count). The average molecular weight is 198 g/mol. The van der Waals surface area contributed by atoms with Gasteiger partial charge in [0.25, 0.3) is 0 Å². The minimum atomic E-state index is 0. The van der Waals surface area contributed by atoms with Crippen LogP contribution in [0, 0.1) is 0 Å². The van der Waals surface area contributed by atoms with Crippen LogP contribution in [0.15, 0.2) is 24.3 Å². The summed E-state index contributed by atoms with van der Waals surface area (Å²) in [5.74, 6) is 0. The molecular weight excluding hydrogens is 182 g/mol. The van der Waals surface area contributed by atoms with Crippen molar-refractivity contribution in [3.8, 4) is 0 Å². The summed E-state index contributed by atoms with van der Waals surface area (Å²) < 4.78 is 0. The Morgan fingerprint density at radius 2 is 1.92 bits per heavy atom. The minimum Gasteiger partial charge on any atom is -0.324 e. The second kappa shape index (κ2) is 4.64. The fourth-order valence-corrected chi connectivity index (χ4v) is 1.96. The first-order chi connectivity index (χ1) is 5.88. The van der Waals surface area contributed by atoms with E-state index in [0.29, 0.717) is 0 Å². The summed E-state index contributed by atoms with van der Waals surface area (Å²) in [5.41, 5.74) is 8.88. The van der Waals surface area contributed by atoms with Gasteiger partial charge in [-0.3, -0.25) is 0 Å². The molecule has 2 heteroatoms. The van der Waals surface area contributed by atoms with Crippen molar-refractivity contribution < 1.29 is 0 Å². The van der Waals surface area contributed by atoms with Gasteiger partial charge in [-0.25, -0.2) is 0 Å². The van der Waals surface area contributed by atoms with Gasteiger partial charge in [-0.2, -0.15) is 0 Å². The zero-order chi connectivity index (χ0) is 8.39. The van der Waals surface area contributed by atoms with Gasteiger partial charge >= 0.3 is 0 Å². The number of aryl methyl sites for hydroxylation is 1. The second-order valence-electron chi connectivity index (χ2n) is 3.55. The molecule has 0 spiro atoms. The van der Waals surface area contributed by atoms with Gasteiger partial charge < -0.3 is 5.73 Å². The fraction of sp³-hybridized carbons (Fsp3) is 0.455. The summed E-state index contributed by atoms with van der Waals surface area (Å²) in [4.78, 5) is 0. The quantitative estimate of drug-likeness (QED) is 0.636. The second-order valence-corrected chi connectivity index (χ2v) is 3.55. The van der Waals surface area contributed by atoms with Crippen LogP contribution in [0.2, 0.25) is 0 Å². The van der Waals surface area contributed by atoms with Crippen molar-refractivity contribution in [3.63, 3.8) is 0 Å². The van der Waals surface area contributed by atoms with Crippen molar-refractivity contribution in [2.24, 2.45) is 5.73 Å². The van der Waals surface area contributed by atoms with Crippen molar-refractivity contribution in [3.05, 3.63) is 35.4 Å². The number of halogens is 1. The molecule has 0 amide bonds. The lowest BCUT2D eigenvalue weighted by Crippen LogP contribution is -2.09. The van der Waals surface area contributed by atoms with Crippen LogP contribution in [-0.2, 0) is 6.42 Å². The SMILES string of the molecule is Cl.NC1CCCCc2ccccc21. The summed E-state index contributed by atoms with van der Waals surface area (Å²) >= 11 is 0. The normalized spacial score (nSPS) is 21.2. The molecule has 0 heterocycles. The summed E-state index contributed by atoms with van der Waals surface area (Å²) in [6.45, 7) is 0. The maximum absolute atomic E-state index is 6.05. The summed E-state index contributed by atoms with van der Waals surface area (Å²) in [7, 11) is 0. The molecule has 1 aromatic rings. The van der Waals surface area contributed by atoms with Crippen molar-refractivity contribution in [1.29, 1.82) is 0 Å². The minimum absolute atomic E-state index is 0. The molecule has 0 aromatic heterocycles. The van der Waals surface area contributed by atoms with E-state index in [-0.39, 0.29) is 18.4 Å². The molecule has 1 unspecified atom stereocenters. The third-order valence-corrected chi connectivity index (χ3v) is 2.67. The average Bonchev–Trinajstić information content (AvgIpc) is 2.29. The zero-order valence-corrected chi connectivity index (χ0v) is 8.52. The predicted molar refractivity (Wildman–Crippen MR) is 58.2 cm³/mol. The van der Waals surface area contributed by atoms with E-state index < -0.39 is 0 Å². The van der Waals surface area contributed by atoms with E-state index >= 15 is 0 Å². The first-order valence-electron chi connectivity index (χ1n) is 4.71. The number of hydrogen-bond acceptors (Lipinski definition) is 1. The van der Waals surface area contributed by atoms with Gasteiger partial charge in [0, 0.05) is 6.04 Å². The van der Waals surface area contributed by atoms with Crippen molar-refractivity contribution >= 4 is 12.4 Å². The maximum atomic E-state index is 6.05. The molecule has 13 heavy (non-hydrogen) atoms. The Morgan fingerprint density at radius 1 is 1.15 bits per heavy atom. The molecule has 0 saturated heterocycles. The molecule has 0 aliphatic heterocycles. The smallest absolute Gasteiger partial charge is 0.0297 e. The summed E-state index contributed by atoms with van der Waals surface area (Å²) in [5, 5.41) is 0. The largest absolute Gasteiger partial charge is 0.324 e. The Labute approximate surface area is 85.7 Å². The van der Waals surface area contributed by atoms with Crippen LogP contribution < -0.4 is 5.73 Å². The lowest BCUT2D eigenvalue weighted by Gasteiger charge is -2.11.